The number of nitrogens with one attached hydrogen (secondary N) is 1. The molecular weight excluding hydrogens is 234 g/mol. The zero-order valence-electron chi connectivity index (χ0n) is 9.84. The van der Waals surface area contributed by atoms with Crippen LogP contribution >= 0.6 is 0 Å². The highest BCUT2D eigenvalue weighted by molar-refractivity contribution is 5.94. The average Bonchev–Trinajstić information content (AvgIpc) is 2.42. The summed E-state index contributed by atoms with van der Waals surface area (Å²) in [4.78, 5) is 22.1. The van der Waals surface area contributed by atoms with Gasteiger partial charge in [0.25, 0.3) is 5.91 Å². The molecule has 0 aromatic heterocycles. The summed E-state index contributed by atoms with van der Waals surface area (Å²) < 4.78 is 4.30. The summed E-state index contributed by atoms with van der Waals surface area (Å²) in [5, 5.41) is 11.5. The minimum atomic E-state index is -1.38. The smallest absolute Gasteiger partial charge is 0.336 e. The molecule has 94 valence electrons. The Labute approximate surface area is 105 Å². The van der Waals surface area contributed by atoms with E-state index in [1.54, 1.807) is 12.1 Å². The first-order valence-corrected chi connectivity index (χ1v) is 5.24. The highest BCUT2D eigenvalue weighted by Crippen LogP contribution is 1.94. The van der Waals surface area contributed by atoms with Gasteiger partial charge >= 0.3 is 5.97 Å². The van der Waals surface area contributed by atoms with Gasteiger partial charge in [-0.05, 0) is 12.1 Å². The van der Waals surface area contributed by atoms with E-state index in [4.69, 9.17) is 0 Å². The Bertz CT molecular complexity index is 473. The van der Waals surface area contributed by atoms with Crippen molar-refractivity contribution in [3.8, 4) is 11.8 Å². The Kier molecular flexibility index (Phi) is 5.42. The third-order valence-corrected chi connectivity index (χ3v) is 2.02. The predicted molar refractivity (Wildman–Crippen MR) is 64.4 cm³/mol. The van der Waals surface area contributed by atoms with Crippen LogP contribution in [0.3, 0.4) is 0 Å². The third-order valence-electron chi connectivity index (χ3n) is 2.02. The number of aliphatic hydroxyl groups is 1. The maximum Gasteiger partial charge on any atom is 0.336 e. The van der Waals surface area contributed by atoms with Gasteiger partial charge in [-0.1, -0.05) is 24.1 Å². The Morgan fingerprint density at radius 3 is 2.67 bits per heavy atom. The number of amides is 1. The van der Waals surface area contributed by atoms with Gasteiger partial charge in [-0.15, -0.1) is 0 Å². The molecule has 1 atom stereocenters. The first kappa shape index (κ1) is 13.7. The van der Waals surface area contributed by atoms with E-state index in [1.165, 1.54) is 0 Å². The Morgan fingerprint density at radius 1 is 1.39 bits per heavy atom. The quantitative estimate of drug-likeness (QED) is 0.567. The van der Waals surface area contributed by atoms with Crippen molar-refractivity contribution in [2.45, 2.75) is 6.10 Å². The molecule has 0 aliphatic rings. The van der Waals surface area contributed by atoms with Gasteiger partial charge in [-0.3, -0.25) is 4.79 Å². The number of benzene rings is 1. The number of aliphatic hydroxyl groups excluding tert-OH is 1. The Morgan fingerprint density at radius 2 is 2.06 bits per heavy atom. The van der Waals surface area contributed by atoms with E-state index < -0.39 is 18.0 Å². The summed E-state index contributed by atoms with van der Waals surface area (Å²) in [6.07, 6.45) is -1.38. The molecule has 0 saturated heterocycles. The zero-order valence-corrected chi connectivity index (χ0v) is 9.84. The van der Waals surface area contributed by atoms with Crippen molar-refractivity contribution in [3.05, 3.63) is 35.9 Å². The van der Waals surface area contributed by atoms with Crippen molar-refractivity contribution in [3.63, 3.8) is 0 Å². The van der Waals surface area contributed by atoms with Crippen LogP contribution < -0.4 is 5.32 Å². The molecule has 2 N–H and O–H groups in total. The van der Waals surface area contributed by atoms with Crippen LogP contribution in [0.1, 0.15) is 5.56 Å². The number of rotatable bonds is 3. The van der Waals surface area contributed by atoms with E-state index in [0.717, 1.165) is 7.11 Å². The van der Waals surface area contributed by atoms with E-state index >= 15 is 0 Å². The molecule has 0 spiro atoms. The van der Waals surface area contributed by atoms with E-state index in [-0.39, 0.29) is 6.54 Å². The van der Waals surface area contributed by atoms with Crippen LogP contribution in [-0.2, 0) is 14.3 Å². The van der Waals surface area contributed by atoms with Gasteiger partial charge in [0.15, 0.2) is 6.10 Å². The predicted octanol–water partition coefficient (Wildman–Crippen LogP) is -0.312. The summed E-state index contributed by atoms with van der Waals surface area (Å²) in [7, 11) is 1.16. The van der Waals surface area contributed by atoms with Gasteiger partial charge in [0.1, 0.15) is 0 Å². The molecule has 0 aliphatic heterocycles. The first-order valence-electron chi connectivity index (χ1n) is 5.24. The monoisotopic (exact) mass is 247 g/mol. The van der Waals surface area contributed by atoms with Crippen LogP contribution in [0.5, 0.6) is 0 Å². The lowest BCUT2D eigenvalue weighted by molar-refractivity contribution is -0.150. The minimum Gasteiger partial charge on any atom is -0.467 e. The summed E-state index contributed by atoms with van der Waals surface area (Å²) >= 11 is 0. The van der Waals surface area contributed by atoms with Gasteiger partial charge < -0.3 is 15.2 Å². The van der Waals surface area contributed by atoms with Crippen molar-refractivity contribution in [2.24, 2.45) is 0 Å². The number of ether oxygens (including phenoxy) is 1. The van der Waals surface area contributed by atoms with Crippen LogP contribution in [0.15, 0.2) is 30.3 Å². The van der Waals surface area contributed by atoms with Crippen molar-refractivity contribution < 1.29 is 19.4 Å². The van der Waals surface area contributed by atoms with Gasteiger partial charge in [-0.2, -0.15) is 0 Å². The van der Waals surface area contributed by atoms with Crippen LogP contribution in [0, 0.1) is 11.8 Å². The first-order chi connectivity index (χ1) is 8.63. The second kappa shape index (κ2) is 7.09. The van der Waals surface area contributed by atoms with Gasteiger partial charge in [0.05, 0.1) is 13.7 Å². The zero-order chi connectivity index (χ0) is 13.4. The number of carbonyl (C=O) groups excluding carboxylic acids is 2. The normalized spacial score (nSPS) is 10.8. The van der Waals surface area contributed by atoms with Crippen LogP contribution in [0.2, 0.25) is 0 Å². The highest BCUT2D eigenvalue weighted by atomic mass is 16.5. The lowest BCUT2D eigenvalue weighted by Crippen LogP contribution is -2.36. The average molecular weight is 247 g/mol. The molecular formula is C13H13NO4. The molecule has 5 heteroatoms. The maximum atomic E-state index is 11.3. The highest BCUT2D eigenvalue weighted by Gasteiger charge is 2.15. The number of esters is 1. The number of hydrogen-bond donors (Lipinski definition) is 2. The fourth-order valence-electron chi connectivity index (χ4n) is 1.10. The molecule has 0 radical (unpaired) electrons. The second-order valence-electron chi connectivity index (χ2n) is 3.37. The molecule has 0 bridgehead atoms. The fourth-order valence-corrected chi connectivity index (χ4v) is 1.10. The molecule has 1 rings (SSSR count). The Hall–Kier alpha value is -2.32. The second-order valence-corrected chi connectivity index (χ2v) is 3.37. The van der Waals surface area contributed by atoms with Crippen LogP contribution in [-0.4, -0.2) is 36.7 Å². The van der Waals surface area contributed by atoms with E-state index in [2.05, 4.69) is 21.9 Å². The van der Waals surface area contributed by atoms with Gasteiger partial charge in [-0.25, -0.2) is 4.79 Å². The molecule has 1 amide bonds. The molecule has 1 unspecified atom stereocenters. The molecule has 1 aromatic carbocycles. The standard InChI is InChI=1S/C13H13NO4/c1-18-13(17)11(15)9-14-12(16)8-7-10-5-3-2-4-6-10/h2-6,11,15H,9H2,1H3,(H,14,16). The number of carbonyl (C=O) groups is 2. The summed E-state index contributed by atoms with van der Waals surface area (Å²) in [6, 6.07) is 9.00. The van der Waals surface area contributed by atoms with Crippen LogP contribution in [0.4, 0.5) is 0 Å². The number of hydrogen-bond acceptors (Lipinski definition) is 4. The molecule has 0 fully saturated rings. The molecule has 1 aromatic rings. The molecule has 0 heterocycles. The molecule has 18 heavy (non-hydrogen) atoms. The topological polar surface area (TPSA) is 75.6 Å². The summed E-state index contributed by atoms with van der Waals surface area (Å²) in [5.41, 5.74) is 0.709. The molecule has 0 aliphatic carbocycles. The van der Waals surface area contributed by atoms with Gasteiger partial charge in [0.2, 0.25) is 0 Å². The van der Waals surface area contributed by atoms with E-state index in [0.29, 0.717) is 5.56 Å². The van der Waals surface area contributed by atoms with E-state index in [9.17, 15) is 14.7 Å². The van der Waals surface area contributed by atoms with Crippen molar-refractivity contribution in [2.75, 3.05) is 13.7 Å². The minimum absolute atomic E-state index is 0.227. The van der Waals surface area contributed by atoms with Crippen LogP contribution in [0.25, 0.3) is 0 Å². The number of methoxy groups -OCH3 is 1. The van der Waals surface area contributed by atoms with E-state index in [1.807, 2.05) is 18.2 Å². The maximum absolute atomic E-state index is 11.3. The molecule has 0 saturated carbocycles. The van der Waals surface area contributed by atoms with Crippen molar-refractivity contribution in [1.29, 1.82) is 0 Å². The largest absolute Gasteiger partial charge is 0.467 e. The fraction of sp³-hybridized carbons (Fsp3) is 0.231. The lowest BCUT2D eigenvalue weighted by atomic mass is 10.2. The summed E-state index contributed by atoms with van der Waals surface area (Å²) in [6.45, 7) is -0.227. The van der Waals surface area contributed by atoms with Gasteiger partial charge in [0, 0.05) is 11.5 Å². The Balaban J connectivity index is 2.44. The third kappa shape index (κ3) is 4.68. The SMILES string of the molecule is COC(=O)C(O)CNC(=O)C#Cc1ccccc1. The van der Waals surface area contributed by atoms with Crippen molar-refractivity contribution in [1.82, 2.24) is 5.32 Å². The molecule has 5 nitrogen and oxygen atoms in total. The lowest BCUT2D eigenvalue weighted by Gasteiger charge is -2.07. The van der Waals surface area contributed by atoms with Crippen molar-refractivity contribution >= 4 is 11.9 Å². The summed E-state index contributed by atoms with van der Waals surface area (Å²) in [5.74, 6) is 3.63.